The lowest BCUT2D eigenvalue weighted by atomic mass is 10.2. The van der Waals surface area contributed by atoms with Crippen LogP contribution in [0.2, 0.25) is 0 Å². The van der Waals surface area contributed by atoms with Crippen molar-refractivity contribution in [1.29, 1.82) is 0 Å². The van der Waals surface area contributed by atoms with Gasteiger partial charge in [-0.25, -0.2) is 4.39 Å². The van der Waals surface area contributed by atoms with E-state index in [1.807, 2.05) is 0 Å². The van der Waals surface area contributed by atoms with Gasteiger partial charge in [0, 0.05) is 24.9 Å². The van der Waals surface area contributed by atoms with Crippen molar-refractivity contribution in [1.82, 2.24) is 20.5 Å². The van der Waals surface area contributed by atoms with E-state index in [9.17, 15) is 14.0 Å². The second-order valence-corrected chi connectivity index (χ2v) is 7.42. The van der Waals surface area contributed by atoms with Crippen LogP contribution in [0.1, 0.15) is 37.4 Å². The normalized spacial score (nSPS) is 10.6. The Morgan fingerprint density at radius 2 is 2.00 bits per heavy atom. The van der Waals surface area contributed by atoms with Gasteiger partial charge >= 0.3 is 0 Å². The molecule has 1 amide bonds. The number of hydrogen-bond donors (Lipinski definition) is 2. The average molecular weight is 455 g/mol. The third-order valence-electron chi connectivity index (χ3n) is 4.92. The van der Waals surface area contributed by atoms with Gasteiger partial charge in [-0.1, -0.05) is 25.5 Å². The lowest BCUT2D eigenvalue weighted by Gasteiger charge is -2.11. The Morgan fingerprint density at radius 3 is 2.73 bits per heavy atom. The van der Waals surface area contributed by atoms with E-state index >= 15 is 0 Å². The monoisotopic (exact) mass is 454 g/mol. The molecule has 3 aromatic rings. The molecule has 8 nitrogen and oxygen atoms in total. The van der Waals surface area contributed by atoms with Gasteiger partial charge in [-0.05, 0) is 42.3 Å². The molecular formula is C24H27FN4O4. The summed E-state index contributed by atoms with van der Waals surface area (Å²) in [5.74, 6) is 0.807. The molecule has 1 aromatic heterocycles. The minimum absolute atomic E-state index is 0.0596. The number of methoxy groups -OCH3 is 1. The molecule has 0 unspecified atom stereocenters. The Kier molecular flexibility index (Phi) is 8.51. The highest BCUT2D eigenvalue weighted by molar-refractivity contribution is 5.76. The molecular weight excluding hydrogens is 427 g/mol. The topological polar surface area (TPSA) is 106 Å². The molecule has 0 saturated carbocycles. The molecule has 0 fully saturated rings. The van der Waals surface area contributed by atoms with Crippen molar-refractivity contribution in [3.8, 4) is 22.9 Å². The van der Waals surface area contributed by atoms with E-state index in [0.717, 1.165) is 12.8 Å². The van der Waals surface area contributed by atoms with Crippen LogP contribution in [0, 0.1) is 5.82 Å². The standard InChI is InChI=1S/C24H27FN4O4/c1-3-4-12-33-20-10-8-17(14-21(20)32-2)23-27-24(31)19(28-29-23)9-11-22(30)26-15-16-6-5-7-18(25)13-16/h5-8,10,13-14H,3-4,9,11-12,15H2,1-2H3,(H,26,30)(H,27,29,31). The number of carbonyl (C=O) groups is 1. The number of nitrogens with zero attached hydrogens (tertiary/aromatic N) is 2. The third kappa shape index (κ3) is 6.86. The zero-order valence-electron chi connectivity index (χ0n) is 18.7. The van der Waals surface area contributed by atoms with Crippen molar-refractivity contribution >= 4 is 5.91 Å². The second-order valence-electron chi connectivity index (χ2n) is 7.42. The van der Waals surface area contributed by atoms with Gasteiger partial charge in [-0.3, -0.25) is 9.59 Å². The number of unbranched alkanes of at least 4 members (excludes halogenated alkanes) is 1. The van der Waals surface area contributed by atoms with Crippen LogP contribution in [-0.2, 0) is 17.8 Å². The summed E-state index contributed by atoms with van der Waals surface area (Å²) in [5, 5.41) is 10.8. The van der Waals surface area contributed by atoms with Crippen LogP contribution in [-0.4, -0.2) is 34.8 Å². The highest BCUT2D eigenvalue weighted by atomic mass is 19.1. The van der Waals surface area contributed by atoms with E-state index in [4.69, 9.17) is 9.47 Å². The summed E-state index contributed by atoms with van der Waals surface area (Å²) in [5.41, 5.74) is 1.02. The van der Waals surface area contributed by atoms with Gasteiger partial charge < -0.3 is 19.8 Å². The highest BCUT2D eigenvalue weighted by Gasteiger charge is 2.12. The van der Waals surface area contributed by atoms with Crippen LogP contribution in [0.4, 0.5) is 4.39 Å². The Morgan fingerprint density at radius 1 is 1.15 bits per heavy atom. The van der Waals surface area contributed by atoms with Crippen LogP contribution < -0.4 is 20.3 Å². The molecule has 2 N–H and O–H groups in total. The number of aromatic amines is 1. The van der Waals surface area contributed by atoms with E-state index < -0.39 is 5.56 Å². The van der Waals surface area contributed by atoms with Gasteiger partial charge in [0.1, 0.15) is 11.5 Å². The van der Waals surface area contributed by atoms with Gasteiger partial charge in [0.15, 0.2) is 17.3 Å². The first-order valence-electron chi connectivity index (χ1n) is 10.8. The van der Waals surface area contributed by atoms with Gasteiger partial charge in [0.25, 0.3) is 5.56 Å². The molecule has 0 aliphatic carbocycles. The van der Waals surface area contributed by atoms with Crippen LogP contribution >= 0.6 is 0 Å². The van der Waals surface area contributed by atoms with Crippen molar-refractivity contribution in [2.75, 3.05) is 13.7 Å². The molecule has 0 spiro atoms. The molecule has 0 atom stereocenters. The van der Waals surface area contributed by atoms with Gasteiger partial charge in [0.2, 0.25) is 5.91 Å². The first kappa shape index (κ1) is 23.9. The summed E-state index contributed by atoms with van der Waals surface area (Å²) in [6.45, 7) is 2.88. The van der Waals surface area contributed by atoms with Gasteiger partial charge in [-0.15, -0.1) is 10.2 Å². The number of aryl methyl sites for hydroxylation is 1. The number of H-pyrrole nitrogens is 1. The van der Waals surface area contributed by atoms with E-state index in [1.165, 1.54) is 12.1 Å². The number of carbonyl (C=O) groups excluding carboxylic acids is 1. The number of nitrogens with one attached hydrogen (secondary N) is 2. The van der Waals surface area contributed by atoms with Crippen LogP contribution in [0.15, 0.2) is 47.3 Å². The Balaban J connectivity index is 1.60. The smallest absolute Gasteiger partial charge is 0.273 e. The number of hydrogen-bond acceptors (Lipinski definition) is 6. The SMILES string of the molecule is CCCCOc1ccc(-c2nnc(CCC(=O)NCc3cccc(F)c3)c(=O)[nH]2)cc1OC. The quantitative estimate of drug-likeness (QED) is 0.430. The van der Waals surface area contributed by atoms with Crippen LogP contribution in [0.25, 0.3) is 11.4 Å². The molecule has 0 aliphatic rings. The van der Waals surface area contributed by atoms with E-state index in [0.29, 0.717) is 29.2 Å². The Bertz CT molecular complexity index is 1150. The van der Waals surface area contributed by atoms with Crippen LogP contribution in [0.3, 0.4) is 0 Å². The maximum atomic E-state index is 13.2. The summed E-state index contributed by atoms with van der Waals surface area (Å²) in [6.07, 6.45) is 2.15. The predicted molar refractivity (Wildman–Crippen MR) is 122 cm³/mol. The van der Waals surface area contributed by atoms with Gasteiger partial charge in [0.05, 0.1) is 13.7 Å². The molecule has 0 bridgehead atoms. The molecule has 0 saturated heterocycles. The minimum atomic E-state index is -0.417. The maximum Gasteiger partial charge on any atom is 0.273 e. The summed E-state index contributed by atoms with van der Waals surface area (Å²) in [7, 11) is 1.54. The zero-order chi connectivity index (χ0) is 23.6. The zero-order valence-corrected chi connectivity index (χ0v) is 18.7. The number of halogens is 1. The fraction of sp³-hybridized carbons (Fsp3) is 0.333. The number of benzene rings is 2. The van der Waals surface area contributed by atoms with E-state index in [2.05, 4.69) is 27.4 Å². The number of rotatable bonds is 11. The molecule has 33 heavy (non-hydrogen) atoms. The van der Waals surface area contributed by atoms with Crippen LogP contribution in [0.5, 0.6) is 11.5 Å². The van der Waals surface area contributed by atoms with Crippen molar-refractivity contribution in [2.24, 2.45) is 0 Å². The predicted octanol–water partition coefficient (Wildman–Crippen LogP) is 3.41. The fourth-order valence-corrected chi connectivity index (χ4v) is 3.08. The van der Waals surface area contributed by atoms with Crippen molar-refractivity contribution in [2.45, 2.75) is 39.2 Å². The summed E-state index contributed by atoms with van der Waals surface area (Å²) < 4.78 is 24.3. The second kappa shape index (κ2) is 11.8. The lowest BCUT2D eigenvalue weighted by molar-refractivity contribution is -0.121. The number of ether oxygens (including phenoxy) is 2. The Labute approximate surface area is 191 Å². The van der Waals surface area contributed by atoms with Crippen molar-refractivity contribution in [3.63, 3.8) is 0 Å². The molecule has 1 heterocycles. The summed E-state index contributed by atoms with van der Waals surface area (Å²) >= 11 is 0. The Hall–Kier alpha value is -3.75. The summed E-state index contributed by atoms with van der Waals surface area (Å²) in [6, 6.07) is 11.2. The lowest BCUT2D eigenvalue weighted by Crippen LogP contribution is -2.25. The maximum absolute atomic E-state index is 13.2. The minimum Gasteiger partial charge on any atom is -0.493 e. The molecule has 2 aromatic carbocycles. The third-order valence-corrected chi connectivity index (χ3v) is 4.92. The molecule has 0 aliphatic heterocycles. The molecule has 0 radical (unpaired) electrons. The van der Waals surface area contributed by atoms with E-state index in [-0.39, 0.29) is 42.6 Å². The summed E-state index contributed by atoms with van der Waals surface area (Å²) in [4.78, 5) is 27.2. The fourth-order valence-electron chi connectivity index (χ4n) is 3.08. The largest absolute Gasteiger partial charge is 0.493 e. The van der Waals surface area contributed by atoms with Crippen molar-refractivity contribution in [3.05, 3.63) is 69.9 Å². The molecule has 9 heteroatoms. The average Bonchev–Trinajstić information content (AvgIpc) is 2.82. The molecule has 3 rings (SSSR count). The number of amides is 1. The van der Waals surface area contributed by atoms with Gasteiger partial charge in [-0.2, -0.15) is 0 Å². The first-order chi connectivity index (χ1) is 16.0. The van der Waals surface area contributed by atoms with Crippen molar-refractivity contribution < 1.29 is 18.7 Å². The first-order valence-corrected chi connectivity index (χ1v) is 10.8. The number of aromatic nitrogens is 3. The highest BCUT2D eigenvalue weighted by Crippen LogP contribution is 2.31. The van der Waals surface area contributed by atoms with E-state index in [1.54, 1.807) is 37.4 Å². The molecule has 174 valence electrons.